The molecule has 1 aliphatic rings. The van der Waals surface area contributed by atoms with Crippen LogP contribution in [0.15, 0.2) is 24.3 Å². The summed E-state index contributed by atoms with van der Waals surface area (Å²) in [7, 11) is 0. The Bertz CT molecular complexity index is 833. The van der Waals surface area contributed by atoms with Crippen molar-refractivity contribution in [3.8, 4) is 0 Å². The highest BCUT2D eigenvalue weighted by Gasteiger charge is 2.27. The number of benzene rings is 1. The number of aryl methyl sites for hydroxylation is 1. The zero-order valence-corrected chi connectivity index (χ0v) is 16.2. The summed E-state index contributed by atoms with van der Waals surface area (Å²) in [5.41, 5.74) is 14.2. The van der Waals surface area contributed by atoms with Crippen LogP contribution in [0.3, 0.4) is 0 Å². The number of anilines is 2. The summed E-state index contributed by atoms with van der Waals surface area (Å²) in [6, 6.07) is 8.01. The number of aromatic nitrogens is 2. The van der Waals surface area contributed by atoms with Gasteiger partial charge in [0.25, 0.3) is 0 Å². The molecule has 0 spiro atoms. The van der Waals surface area contributed by atoms with Crippen LogP contribution in [-0.4, -0.2) is 21.4 Å². The molecular formula is C20H28N6O2. The summed E-state index contributed by atoms with van der Waals surface area (Å²) in [5, 5.41) is 14.7. The van der Waals surface area contributed by atoms with Gasteiger partial charge in [-0.05, 0) is 68.5 Å². The molecule has 8 heteroatoms. The molecule has 1 aromatic carbocycles. The highest BCUT2D eigenvalue weighted by molar-refractivity contribution is 5.58. The van der Waals surface area contributed by atoms with Crippen LogP contribution in [0.2, 0.25) is 0 Å². The number of hydrogen-bond acceptors (Lipinski definition) is 7. The van der Waals surface area contributed by atoms with Crippen molar-refractivity contribution in [1.82, 2.24) is 9.97 Å². The van der Waals surface area contributed by atoms with E-state index in [1.807, 2.05) is 31.2 Å². The predicted octanol–water partition coefficient (Wildman–Crippen LogP) is 3.20. The van der Waals surface area contributed by atoms with Gasteiger partial charge in [-0.2, -0.15) is 4.98 Å². The lowest BCUT2D eigenvalue weighted by Crippen LogP contribution is -2.23. The molecule has 1 heterocycles. The van der Waals surface area contributed by atoms with Crippen molar-refractivity contribution in [2.75, 3.05) is 17.6 Å². The molecule has 1 saturated carbocycles. The fraction of sp³-hybridized carbons (Fsp3) is 0.500. The number of nitrogen functional groups attached to an aromatic ring is 1. The van der Waals surface area contributed by atoms with Crippen LogP contribution in [0.4, 0.5) is 17.5 Å². The van der Waals surface area contributed by atoms with Crippen LogP contribution in [0, 0.1) is 28.9 Å². The Kier molecular flexibility index (Phi) is 6.41. The van der Waals surface area contributed by atoms with Crippen molar-refractivity contribution in [1.29, 1.82) is 0 Å². The van der Waals surface area contributed by atoms with E-state index < -0.39 is 4.92 Å². The fourth-order valence-electron chi connectivity index (χ4n) is 3.87. The van der Waals surface area contributed by atoms with Crippen LogP contribution < -0.4 is 16.8 Å². The zero-order valence-electron chi connectivity index (χ0n) is 16.2. The molecule has 150 valence electrons. The molecular weight excluding hydrogens is 356 g/mol. The summed E-state index contributed by atoms with van der Waals surface area (Å²) >= 11 is 0. The van der Waals surface area contributed by atoms with Crippen LogP contribution in [0.25, 0.3) is 0 Å². The Morgan fingerprint density at radius 3 is 2.50 bits per heavy atom. The zero-order chi connectivity index (χ0) is 20.1. The van der Waals surface area contributed by atoms with Crippen molar-refractivity contribution in [2.45, 2.75) is 45.6 Å². The summed E-state index contributed by atoms with van der Waals surface area (Å²) < 4.78 is 0. The summed E-state index contributed by atoms with van der Waals surface area (Å²) in [6.45, 7) is 3.27. The number of nitrogens with zero attached hydrogens (tertiary/aromatic N) is 3. The van der Waals surface area contributed by atoms with Crippen molar-refractivity contribution in [3.63, 3.8) is 0 Å². The first-order valence-electron chi connectivity index (χ1n) is 9.77. The number of rotatable bonds is 7. The highest BCUT2D eigenvalue weighted by Crippen LogP contribution is 2.34. The van der Waals surface area contributed by atoms with E-state index in [0.717, 1.165) is 36.8 Å². The Morgan fingerprint density at radius 2 is 1.86 bits per heavy atom. The highest BCUT2D eigenvalue weighted by atomic mass is 16.6. The van der Waals surface area contributed by atoms with E-state index in [1.54, 1.807) is 0 Å². The van der Waals surface area contributed by atoms with E-state index in [1.165, 1.54) is 0 Å². The molecule has 5 N–H and O–H groups in total. The van der Waals surface area contributed by atoms with Gasteiger partial charge in [0, 0.05) is 6.54 Å². The average Bonchev–Trinajstić information content (AvgIpc) is 2.67. The van der Waals surface area contributed by atoms with Gasteiger partial charge in [0.15, 0.2) is 0 Å². The molecule has 1 aliphatic carbocycles. The second kappa shape index (κ2) is 8.97. The standard InChI is InChI=1S/C20H28N6O2/c1-13-4-2-3-5-16(13)12-23-20-24-17(18(26(27)28)19(22)25-20)10-14-6-8-15(11-21)9-7-14/h2-5,14-15H,6-12,21H2,1H3,(H3,22,23,24,25). The third kappa shape index (κ3) is 4.75. The molecule has 1 fully saturated rings. The van der Waals surface area contributed by atoms with Gasteiger partial charge in [0.05, 0.1) is 4.92 Å². The normalized spacial score (nSPS) is 19.4. The lowest BCUT2D eigenvalue weighted by molar-refractivity contribution is -0.385. The van der Waals surface area contributed by atoms with Crippen molar-refractivity contribution in [3.05, 3.63) is 51.2 Å². The van der Waals surface area contributed by atoms with Crippen LogP contribution in [0.5, 0.6) is 0 Å². The molecule has 2 aromatic rings. The van der Waals surface area contributed by atoms with Gasteiger partial charge in [0.2, 0.25) is 11.8 Å². The molecule has 0 atom stereocenters. The van der Waals surface area contributed by atoms with Gasteiger partial charge >= 0.3 is 5.69 Å². The average molecular weight is 384 g/mol. The first kappa shape index (κ1) is 20.0. The molecule has 28 heavy (non-hydrogen) atoms. The molecule has 0 saturated heterocycles. The SMILES string of the molecule is Cc1ccccc1CNc1nc(N)c([N+](=O)[O-])c(CC2CCC(CN)CC2)n1. The maximum absolute atomic E-state index is 11.5. The van der Waals surface area contributed by atoms with Gasteiger partial charge in [-0.25, -0.2) is 4.98 Å². The molecule has 8 nitrogen and oxygen atoms in total. The predicted molar refractivity (Wildman–Crippen MR) is 110 cm³/mol. The minimum atomic E-state index is -0.471. The van der Waals surface area contributed by atoms with E-state index in [0.29, 0.717) is 43.0 Å². The lowest BCUT2D eigenvalue weighted by atomic mass is 9.80. The quantitative estimate of drug-likeness (QED) is 0.493. The van der Waals surface area contributed by atoms with E-state index in [-0.39, 0.29) is 11.5 Å². The monoisotopic (exact) mass is 384 g/mol. The van der Waals surface area contributed by atoms with Gasteiger partial charge in [-0.1, -0.05) is 24.3 Å². The van der Waals surface area contributed by atoms with Crippen molar-refractivity contribution in [2.24, 2.45) is 17.6 Å². The van der Waals surface area contributed by atoms with Crippen molar-refractivity contribution < 1.29 is 4.92 Å². The van der Waals surface area contributed by atoms with Crippen LogP contribution >= 0.6 is 0 Å². The molecule has 0 radical (unpaired) electrons. The second-order valence-electron chi connectivity index (χ2n) is 7.59. The number of hydrogen-bond donors (Lipinski definition) is 3. The van der Waals surface area contributed by atoms with E-state index in [9.17, 15) is 10.1 Å². The fourth-order valence-corrected chi connectivity index (χ4v) is 3.87. The lowest BCUT2D eigenvalue weighted by Gasteiger charge is -2.27. The van der Waals surface area contributed by atoms with Gasteiger partial charge in [0.1, 0.15) is 5.69 Å². The topological polar surface area (TPSA) is 133 Å². The van der Waals surface area contributed by atoms with E-state index >= 15 is 0 Å². The van der Waals surface area contributed by atoms with Crippen molar-refractivity contribution >= 4 is 17.5 Å². The third-order valence-corrected chi connectivity index (χ3v) is 5.65. The van der Waals surface area contributed by atoms with Gasteiger partial charge in [-0.3, -0.25) is 10.1 Å². The van der Waals surface area contributed by atoms with Gasteiger partial charge < -0.3 is 16.8 Å². The first-order valence-corrected chi connectivity index (χ1v) is 9.77. The maximum atomic E-state index is 11.5. The molecule has 0 aliphatic heterocycles. The minimum Gasteiger partial charge on any atom is -0.378 e. The largest absolute Gasteiger partial charge is 0.378 e. The van der Waals surface area contributed by atoms with Crippen LogP contribution in [-0.2, 0) is 13.0 Å². The summed E-state index contributed by atoms with van der Waals surface area (Å²) in [6.07, 6.45) is 4.69. The minimum absolute atomic E-state index is 0.0853. The number of nitro groups is 1. The Balaban J connectivity index is 1.77. The van der Waals surface area contributed by atoms with E-state index in [2.05, 4.69) is 15.3 Å². The Hall–Kier alpha value is -2.74. The van der Waals surface area contributed by atoms with Crippen LogP contribution in [0.1, 0.15) is 42.5 Å². The van der Waals surface area contributed by atoms with E-state index in [4.69, 9.17) is 11.5 Å². The first-order chi connectivity index (χ1) is 13.5. The Morgan fingerprint density at radius 1 is 1.18 bits per heavy atom. The molecule has 1 aromatic heterocycles. The summed E-state index contributed by atoms with van der Waals surface area (Å²) in [5.74, 6) is 1.17. The molecule has 0 amide bonds. The Labute approximate surface area is 164 Å². The number of nitrogens with two attached hydrogens (primary N) is 2. The number of nitrogens with one attached hydrogen (secondary N) is 1. The molecule has 0 bridgehead atoms. The smallest absolute Gasteiger partial charge is 0.332 e. The van der Waals surface area contributed by atoms with Gasteiger partial charge in [-0.15, -0.1) is 0 Å². The maximum Gasteiger partial charge on any atom is 0.332 e. The molecule has 3 rings (SSSR count). The molecule has 0 unspecified atom stereocenters. The third-order valence-electron chi connectivity index (χ3n) is 5.65. The second-order valence-corrected chi connectivity index (χ2v) is 7.59. The summed E-state index contributed by atoms with van der Waals surface area (Å²) in [4.78, 5) is 19.6.